The predicted molar refractivity (Wildman–Crippen MR) is 92.1 cm³/mol. The normalized spacial score (nSPS) is 21.5. The summed E-state index contributed by atoms with van der Waals surface area (Å²) in [5.74, 6) is 0. The first-order valence-corrected chi connectivity index (χ1v) is 8.73. The Morgan fingerprint density at radius 1 is 1.25 bits per heavy atom. The highest BCUT2D eigenvalue weighted by Gasteiger charge is 2.32. The number of benzene rings is 1. The van der Waals surface area contributed by atoms with Gasteiger partial charge in [-0.05, 0) is 18.4 Å². The molecule has 2 atom stereocenters. The van der Waals surface area contributed by atoms with Gasteiger partial charge in [-0.2, -0.15) is 5.06 Å². The number of aliphatic hydroxyl groups excluding tert-OH is 1. The number of aliphatic hydroxyl groups is 1. The van der Waals surface area contributed by atoms with Crippen LogP contribution in [0.3, 0.4) is 0 Å². The SMILES string of the molecule is CCCCCc1ccc(-c2cn([C@@H]3C[C@H](CO)N(C)O3)nn2)cc1. The molecule has 1 aliphatic rings. The van der Waals surface area contributed by atoms with Gasteiger partial charge in [-0.25, -0.2) is 4.68 Å². The number of unbranched alkanes of at least 4 members (excludes halogenated alkanes) is 2. The monoisotopic (exact) mass is 330 g/mol. The molecule has 6 heteroatoms. The minimum Gasteiger partial charge on any atom is -0.395 e. The molecule has 0 radical (unpaired) electrons. The van der Waals surface area contributed by atoms with Crippen LogP contribution >= 0.6 is 0 Å². The average molecular weight is 330 g/mol. The number of hydroxylamine groups is 2. The highest BCUT2D eigenvalue weighted by molar-refractivity contribution is 5.58. The molecule has 24 heavy (non-hydrogen) atoms. The molecule has 1 fully saturated rings. The molecule has 0 spiro atoms. The molecule has 2 heterocycles. The van der Waals surface area contributed by atoms with Crippen LogP contribution in [0.5, 0.6) is 0 Å². The van der Waals surface area contributed by atoms with Crippen molar-refractivity contribution in [1.29, 1.82) is 0 Å². The number of aryl methyl sites for hydroxylation is 1. The fraction of sp³-hybridized carbons (Fsp3) is 0.556. The third-order valence-electron chi connectivity index (χ3n) is 4.61. The predicted octanol–water partition coefficient (Wildman–Crippen LogP) is 2.80. The van der Waals surface area contributed by atoms with Crippen LogP contribution in [0.1, 0.15) is 44.4 Å². The van der Waals surface area contributed by atoms with Crippen molar-refractivity contribution in [3.8, 4) is 11.3 Å². The van der Waals surface area contributed by atoms with E-state index in [2.05, 4.69) is 41.5 Å². The number of hydrogen-bond donors (Lipinski definition) is 1. The molecular weight excluding hydrogens is 304 g/mol. The van der Waals surface area contributed by atoms with Gasteiger partial charge in [-0.3, -0.25) is 4.84 Å². The zero-order chi connectivity index (χ0) is 16.9. The quantitative estimate of drug-likeness (QED) is 0.791. The van der Waals surface area contributed by atoms with Crippen molar-refractivity contribution in [1.82, 2.24) is 20.1 Å². The molecule has 0 aliphatic carbocycles. The lowest BCUT2D eigenvalue weighted by Gasteiger charge is -2.13. The maximum atomic E-state index is 9.32. The molecule has 130 valence electrons. The lowest BCUT2D eigenvalue weighted by atomic mass is 10.0. The van der Waals surface area contributed by atoms with Crippen LogP contribution in [-0.2, 0) is 11.3 Å². The van der Waals surface area contributed by atoms with E-state index in [4.69, 9.17) is 4.84 Å². The molecule has 1 aromatic carbocycles. The summed E-state index contributed by atoms with van der Waals surface area (Å²) in [6.07, 6.45) is 7.30. The standard InChI is InChI=1S/C18H26N4O2/c1-3-4-5-6-14-7-9-15(10-8-14)17-12-22(20-19-17)18-11-16(13-23)21(2)24-18/h7-10,12,16,18,23H,3-6,11,13H2,1-2H3/t16-,18+/m1/s1. The molecule has 1 aromatic heterocycles. The first kappa shape index (κ1) is 17.1. The van der Waals surface area contributed by atoms with E-state index in [0.717, 1.165) is 17.7 Å². The first-order valence-electron chi connectivity index (χ1n) is 8.73. The zero-order valence-electron chi connectivity index (χ0n) is 14.4. The Morgan fingerprint density at radius 3 is 2.71 bits per heavy atom. The van der Waals surface area contributed by atoms with Gasteiger partial charge in [0.05, 0.1) is 18.8 Å². The second-order valence-electron chi connectivity index (χ2n) is 6.42. The summed E-state index contributed by atoms with van der Waals surface area (Å²) in [6.45, 7) is 2.30. The molecule has 1 saturated heterocycles. The fourth-order valence-corrected chi connectivity index (χ4v) is 3.02. The Labute approximate surface area is 143 Å². The Bertz CT molecular complexity index is 641. The number of nitrogens with zero attached hydrogens (tertiary/aromatic N) is 4. The molecule has 6 nitrogen and oxygen atoms in total. The average Bonchev–Trinajstić information content (AvgIpc) is 3.22. The highest BCUT2D eigenvalue weighted by atomic mass is 16.7. The van der Waals surface area contributed by atoms with E-state index in [-0.39, 0.29) is 18.9 Å². The minimum absolute atomic E-state index is 0.00468. The zero-order valence-corrected chi connectivity index (χ0v) is 14.4. The maximum Gasteiger partial charge on any atom is 0.174 e. The van der Waals surface area contributed by atoms with E-state index in [0.29, 0.717) is 6.42 Å². The van der Waals surface area contributed by atoms with Gasteiger partial charge in [0.1, 0.15) is 5.69 Å². The largest absolute Gasteiger partial charge is 0.395 e. The third kappa shape index (κ3) is 3.83. The Kier molecular flexibility index (Phi) is 5.60. The number of rotatable bonds is 7. The van der Waals surface area contributed by atoms with Crippen LogP contribution < -0.4 is 0 Å². The van der Waals surface area contributed by atoms with Gasteiger partial charge in [0.15, 0.2) is 6.23 Å². The lowest BCUT2D eigenvalue weighted by Crippen LogP contribution is -2.26. The van der Waals surface area contributed by atoms with Crippen molar-refractivity contribution < 1.29 is 9.94 Å². The molecular formula is C18H26N4O2. The highest BCUT2D eigenvalue weighted by Crippen LogP contribution is 2.28. The molecule has 0 saturated carbocycles. The Balaban J connectivity index is 1.65. The number of likely N-dealkylation sites (N-methyl/N-ethyl adjacent to an activating group) is 1. The molecule has 0 bridgehead atoms. The van der Waals surface area contributed by atoms with Crippen molar-refractivity contribution in [2.24, 2.45) is 0 Å². The number of hydrogen-bond acceptors (Lipinski definition) is 5. The van der Waals surface area contributed by atoms with Gasteiger partial charge in [0.25, 0.3) is 0 Å². The lowest BCUT2D eigenvalue weighted by molar-refractivity contribution is -0.172. The summed E-state index contributed by atoms with van der Waals surface area (Å²) in [6, 6.07) is 8.56. The summed E-state index contributed by atoms with van der Waals surface area (Å²) >= 11 is 0. The van der Waals surface area contributed by atoms with Gasteiger partial charge in [-0.1, -0.05) is 49.2 Å². The van der Waals surface area contributed by atoms with Crippen LogP contribution in [0.15, 0.2) is 30.5 Å². The van der Waals surface area contributed by atoms with Crippen molar-refractivity contribution in [2.45, 2.75) is 51.3 Å². The van der Waals surface area contributed by atoms with Crippen molar-refractivity contribution >= 4 is 0 Å². The Hall–Kier alpha value is -1.76. The fourth-order valence-electron chi connectivity index (χ4n) is 3.02. The third-order valence-corrected chi connectivity index (χ3v) is 4.61. The van der Waals surface area contributed by atoms with E-state index < -0.39 is 0 Å². The molecule has 1 N–H and O–H groups in total. The summed E-state index contributed by atoms with van der Waals surface area (Å²) in [7, 11) is 1.83. The summed E-state index contributed by atoms with van der Waals surface area (Å²) in [4.78, 5) is 5.71. The van der Waals surface area contributed by atoms with Crippen molar-refractivity contribution in [3.05, 3.63) is 36.0 Å². The van der Waals surface area contributed by atoms with Gasteiger partial charge < -0.3 is 5.11 Å². The minimum atomic E-state index is -0.207. The van der Waals surface area contributed by atoms with Gasteiger partial charge >= 0.3 is 0 Å². The first-order chi connectivity index (χ1) is 11.7. The van der Waals surface area contributed by atoms with Crippen LogP contribution in [0, 0.1) is 0 Å². The topological polar surface area (TPSA) is 63.4 Å². The van der Waals surface area contributed by atoms with Gasteiger partial charge in [0.2, 0.25) is 0 Å². The van der Waals surface area contributed by atoms with Gasteiger partial charge in [-0.15, -0.1) is 5.10 Å². The second-order valence-corrected chi connectivity index (χ2v) is 6.42. The summed E-state index contributed by atoms with van der Waals surface area (Å²) < 4.78 is 1.73. The second kappa shape index (κ2) is 7.88. The molecule has 0 unspecified atom stereocenters. The van der Waals surface area contributed by atoms with Gasteiger partial charge in [0, 0.05) is 19.0 Å². The van der Waals surface area contributed by atoms with E-state index in [1.807, 2.05) is 13.2 Å². The van der Waals surface area contributed by atoms with Crippen LogP contribution in [0.25, 0.3) is 11.3 Å². The van der Waals surface area contributed by atoms with Crippen molar-refractivity contribution in [3.63, 3.8) is 0 Å². The maximum absolute atomic E-state index is 9.32. The summed E-state index contributed by atoms with van der Waals surface area (Å²) in [5.41, 5.74) is 3.27. The van der Waals surface area contributed by atoms with E-state index >= 15 is 0 Å². The molecule has 1 aliphatic heterocycles. The molecule has 3 rings (SSSR count). The van der Waals surface area contributed by atoms with E-state index in [1.54, 1.807) is 9.75 Å². The van der Waals surface area contributed by atoms with Crippen LogP contribution in [-0.4, -0.2) is 44.9 Å². The van der Waals surface area contributed by atoms with E-state index in [9.17, 15) is 5.11 Å². The number of aromatic nitrogens is 3. The summed E-state index contributed by atoms with van der Waals surface area (Å²) in [5, 5.41) is 19.5. The van der Waals surface area contributed by atoms with E-state index in [1.165, 1.54) is 24.8 Å². The molecule has 2 aromatic rings. The molecule has 0 amide bonds. The smallest absolute Gasteiger partial charge is 0.174 e. The Morgan fingerprint density at radius 2 is 2.04 bits per heavy atom. The van der Waals surface area contributed by atoms with Crippen LogP contribution in [0.2, 0.25) is 0 Å². The van der Waals surface area contributed by atoms with Crippen LogP contribution in [0.4, 0.5) is 0 Å². The van der Waals surface area contributed by atoms with Crippen molar-refractivity contribution in [2.75, 3.05) is 13.7 Å².